The monoisotopic (exact) mass is 270 g/mol. The van der Waals surface area contributed by atoms with Crippen molar-refractivity contribution in [3.63, 3.8) is 0 Å². The van der Waals surface area contributed by atoms with Gasteiger partial charge in [0.1, 0.15) is 5.69 Å². The first-order valence-electron chi connectivity index (χ1n) is 6.16. The van der Waals surface area contributed by atoms with E-state index in [1.54, 1.807) is 6.07 Å². The summed E-state index contributed by atoms with van der Waals surface area (Å²) in [5, 5.41) is 13.0. The SMILES string of the molecule is CCC(CC)C(O)CNC(=O)c1cc(Cl)ccn1. The van der Waals surface area contributed by atoms with E-state index in [-0.39, 0.29) is 24.1 Å². The number of aliphatic hydroxyl groups excluding tert-OH is 1. The lowest BCUT2D eigenvalue weighted by Gasteiger charge is -2.20. The van der Waals surface area contributed by atoms with E-state index in [0.29, 0.717) is 5.02 Å². The quantitative estimate of drug-likeness (QED) is 0.833. The van der Waals surface area contributed by atoms with E-state index in [0.717, 1.165) is 12.8 Å². The van der Waals surface area contributed by atoms with Gasteiger partial charge in [0.25, 0.3) is 5.91 Å². The Bertz CT molecular complexity index is 394. The minimum Gasteiger partial charge on any atom is -0.391 e. The predicted octanol–water partition coefficient (Wildman–Crippen LogP) is 2.26. The molecule has 1 amide bonds. The summed E-state index contributed by atoms with van der Waals surface area (Å²) < 4.78 is 0. The van der Waals surface area contributed by atoms with Crippen LogP contribution in [0.5, 0.6) is 0 Å². The van der Waals surface area contributed by atoms with Crippen molar-refractivity contribution in [1.29, 1.82) is 0 Å². The number of pyridine rings is 1. The Morgan fingerprint density at radius 2 is 2.17 bits per heavy atom. The molecule has 0 bridgehead atoms. The zero-order chi connectivity index (χ0) is 13.5. The summed E-state index contributed by atoms with van der Waals surface area (Å²) in [5.74, 6) is -0.111. The Hall–Kier alpha value is -1.13. The fourth-order valence-electron chi connectivity index (χ4n) is 1.82. The van der Waals surface area contributed by atoms with Crippen LogP contribution in [0.15, 0.2) is 18.3 Å². The van der Waals surface area contributed by atoms with Crippen molar-refractivity contribution in [2.75, 3.05) is 6.54 Å². The number of amides is 1. The fraction of sp³-hybridized carbons (Fsp3) is 0.538. The van der Waals surface area contributed by atoms with Gasteiger partial charge in [0, 0.05) is 17.8 Å². The summed E-state index contributed by atoms with van der Waals surface area (Å²) in [6.45, 7) is 4.29. The molecule has 0 saturated heterocycles. The number of rotatable bonds is 6. The molecule has 1 unspecified atom stereocenters. The molecule has 1 rings (SSSR count). The van der Waals surface area contributed by atoms with E-state index < -0.39 is 6.10 Å². The maximum absolute atomic E-state index is 11.8. The van der Waals surface area contributed by atoms with Crippen molar-refractivity contribution in [2.24, 2.45) is 5.92 Å². The van der Waals surface area contributed by atoms with Gasteiger partial charge in [-0.15, -0.1) is 0 Å². The second-order valence-electron chi connectivity index (χ2n) is 4.21. The second kappa shape index (κ2) is 7.34. The van der Waals surface area contributed by atoms with Crippen molar-refractivity contribution in [1.82, 2.24) is 10.3 Å². The van der Waals surface area contributed by atoms with Crippen molar-refractivity contribution < 1.29 is 9.90 Å². The topological polar surface area (TPSA) is 62.2 Å². The van der Waals surface area contributed by atoms with Gasteiger partial charge in [-0.1, -0.05) is 38.3 Å². The largest absolute Gasteiger partial charge is 0.391 e. The Labute approximate surface area is 112 Å². The van der Waals surface area contributed by atoms with Crippen LogP contribution >= 0.6 is 11.6 Å². The molecule has 0 aliphatic rings. The van der Waals surface area contributed by atoms with Gasteiger partial charge in [-0.05, 0) is 18.1 Å². The van der Waals surface area contributed by atoms with Gasteiger partial charge < -0.3 is 10.4 Å². The maximum Gasteiger partial charge on any atom is 0.270 e. The fourth-order valence-corrected chi connectivity index (χ4v) is 1.98. The van der Waals surface area contributed by atoms with Gasteiger partial charge in [-0.2, -0.15) is 0 Å². The summed E-state index contributed by atoms with van der Waals surface area (Å²) in [6, 6.07) is 3.11. The second-order valence-corrected chi connectivity index (χ2v) is 4.65. The Balaban J connectivity index is 2.51. The molecule has 0 radical (unpaired) electrons. The molecule has 1 atom stereocenters. The van der Waals surface area contributed by atoms with Crippen LogP contribution < -0.4 is 5.32 Å². The van der Waals surface area contributed by atoms with E-state index in [1.165, 1.54) is 12.3 Å². The first-order valence-corrected chi connectivity index (χ1v) is 6.54. The highest BCUT2D eigenvalue weighted by atomic mass is 35.5. The highest BCUT2D eigenvalue weighted by Gasteiger charge is 2.17. The maximum atomic E-state index is 11.8. The molecule has 0 fully saturated rings. The van der Waals surface area contributed by atoms with E-state index in [9.17, 15) is 9.90 Å². The van der Waals surface area contributed by atoms with Crippen LogP contribution in [0, 0.1) is 5.92 Å². The van der Waals surface area contributed by atoms with Gasteiger partial charge in [0.2, 0.25) is 0 Å². The van der Waals surface area contributed by atoms with Gasteiger partial charge in [-0.3, -0.25) is 9.78 Å². The lowest BCUT2D eigenvalue weighted by Crippen LogP contribution is -2.36. The molecule has 4 nitrogen and oxygen atoms in total. The lowest BCUT2D eigenvalue weighted by molar-refractivity contribution is 0.0813. The number of aliphatic hydroxyl groups is 1. The number of nitrogens with one attached hydrogen (secondary N) is 1. The predicted molar refractivity (Wildman–Crippen MR) is 71.7 cm³/mol. The number of aromatic nitrogens is 1. The standard InChI is InChI=1S/C13H19ClN2O2/c1-3-9(4-2)12(17)8-16-13(18)11-7-10(14)5-6-15-11/h5-7,9,12,17H,3-4,8H2,1-2H3,(H,16,18). The molecule has 2 N–H and O–H groups in total. The van der Waals surface area contributed by atoms with Crippen LogP contribution in [0.1, 0.15) is 37.2 Å². The highest BCUT2D eigenvalue weighted by Crippen LogP contribution is 2.12. The van der Waals surface area contributed by atoms with E-state index in [4.69, 9.17) is 11.6 Å². The zero-order valence-electron chi connectivity index (χ0n) is 10.7. The number of carbonyl (C=O) groups is 1. The Morgan fingerprint density at radius 1 is 1.50 bits per heavy atom. The Kier molecular flexibility index (Phi) is 6.09. The molecular formula is C13H19ClN2O2. The van der Waals surface area contributed by atoms with Crippen LogP contribution in [0.3, 0.4) is 0 Å². The third-order valence-electron chi connectivity index (χ3n) is 3.02. The van der Waals surface area contributed by atoms with Gasteiger partial charge >= 0.3 is 0 Å². The summed E-state index contributed by atoms with van der Waals surface area (Å²) in [6.07, 6.45) is 2.74. The molecule has 18 heavy (non-hydrogen) atoms. The average Bonchev–Trinajstić information content (AvgIpc) is 2.37. The Morgan fingerprint density at radius 3 is 2.72 bits per heavy atom. The zero-order valence-corrected chi connectivity index (χ0v) is 11.4. The molecule has 1 aromatic rings. The molecule has 1 aromatic heterocycles. The summed E-state index contributed by atoms with van der Waals surface area (Å²) in [7, 11) is 0. The van der Waals surface area contributed by atoms with E-state index in [1.807, 2.05) is 13.8 Å². The number of nitrogens with zero attached hydrogens (tertiary/aromatic N) is 1. The third kappa shape index (κ3) is 4.27. The molecular weight excluding hydrogens is 252 g/mol. The molecule has 0 saturated carbocycles. The van der Waals surface area contributed by atoms with Gasteiger partial charge in [-0.25, -0.2) is 0 Å². The van der Waals surface area contributed by atoms with Crippen molar-refractivity contribution >= 4 is 17.5 Å². The van der Waals surface area contributed by atoms with Crippen molar-refractivity contribution in [3.05, 3.63) is 29.0 Å². The number of carbonyl (C=O) groups excluding carboxylic acids is 1. The van der Waals surface area contributed by atoms with Crippen LogP contribution in [-0.2, 0) is 0 Å². The van der Waals surface area contributed by atoms with Crippen LogP contribution in [0.25, 0.3) is 0 Å². The summed E-state index contributed by atoms with van der Waals surface area (Å²) >= 11 is 5.78. The molecule has 0 aliphatic heterocycles. The van der Waals surface area contributed by atoms with Crippen molar-refractivity contribution in [3.8, 4) is 0 Å². The smallest absolute Gasteiger partial charge is 0.270 e. The van der Waals surface area contributed by atoms with E-state index >= 15 is 0 Å². The van der Waals surface area contributed by atoms with Gasteiger partial charge in [0.15, 0.2) is 0 Å². The van der Waals surface area contributed by atoms with E-state index in [2.05, 4.69) is 10.3 Å². The molecule has 0 aromatic carbocycles. The van der Waals surface area contributed by atoms with Crippen LogP contribution in [0.2, 0.25) is 5.02 Å². The first kappa shape index (κ1) is 14.9. The minimum absolute atomic E-state index is 0.206. The van der Waals surface area contributed by atoms with Crippen LogP contribution in [0.4, 0.5) is 0 Å². The van der Waals surface area contributed by atoms with Crippen molar-refractivity contribution in [2.45, 2.75) is 32.8 Å². The molecule has 0 aliphatic carbocycles. The summed E-state index contributed by atoms with van der Waals surface area (Å²) in [5.41, 5.74) is 0.263. The van der Waals surface area contributed by atoms with Crippen LogP contribution in [-0.4, -0.2) is 28.6 Å². The number of hydrogen-bond acceptors (Lipinski definition) is 3. The highest BCUT2D eigenvalue weighted by molar-refractivity contribution is 6.30. The summed E-state index contributed by atoms with van der Waals surface area (Å²) in [4.78, 5) is 15.7. The number of hydrogen-bond donors (Lipinski definition) is 2. The molecule has 100 valence electrons. The first-order chi connectivity index (χ1) is 8.58. The minimum atomic E-state index is -0.525. The molecule has 5 heteroatoms. The molecule has 1 heterocycles. The molecule has 0 spiro atoms. The average molecular weight is 271 g/mol. The van der Waals surface area contributed by atoms with Gasteiger partial charge in [0.05, 0.1) is 6.10 Å². The normalized spacial score (nSPS) is 12.5. The third-order valence-corrected chi connectivity index (χ3v) is 3.25. The lowest BCUT2D eigenvalue weighted by atomic mass is 9.96. The number of halogens is 1.